The Morgan fingerprint density at radius 1 is 0.875 bits per heavy atom. The Balaban J connectivity index is 1.80. The fourth-order valence-corrected chi connectivity index (χ4v) is 7.05. The highest BCUT2D eigenvalue weighted by Crippen LogP contribution is 2.55. The lowest BCUT2D eigenvalue weighted by Gasteiger charge is -2.20. The average Bonchev–Trinajstić information content (AvgIpc) is 3.47. The molecular formula is C26H20N3O2P. The molecule has 4 heterocycles. The molecule has 0 saturated heterocycles. The third-order valence-electron chi connectivity index (χ3n) is 7.98. The molecule has 2 aliphatic heterocycles. The molecule has 1 fully saturated rings. The number of benzene rings is 3. The van der Waals surface area contributed by atoms with Gasteiger partial charge in [-0.25, -0.2) is 0 Å². The molecule has 6 heteroatoms. The summed E-state index contributed by atoms with van der Waals surface area (Å²) in [5.41, 5.74) is 6.89. The van der Waals surface area contributed by atoms with Crippen molar-refractivity contribution in [3.8, 4) is 0 Å². The topological polar surface area (TPSA) is 50.4 Å². The van der Waals surface area contributed by atoms with Gasteiger partial charge in [-0.15, -0.1) is 0 Å². The first kappa shape index (κ1) is 17.4. The van der Waals surface area contributed by atoms with Crippen LogP contribution in [0.15, 0.2) is 55.1 Å². The molecule has 2 aromatic heterocycles. The van der Waals surface area contributed by atoms with Crippen molar-refractivity contribution >= 4 is 64.6 Å². The van der Waals surface area contributed by atoms with Crippen molar-refractivity contribution < 1.29 is 9.90 Å². The number of nitrogens with zero attached hydrogens (tertiary/aromatic N) is 3. The molecule has 8 rings (SSSR count). The number of hydrogen-bond donors (Lipinski definition) is 1. The molecule has 2 bridgehead atoms. The van der Waals surface area contributed by atoms with Gasteiger partial charge in [-0.1, -0.05) is 43.0 Å². The van der Waals surface area contributed by atoms with Gasteiger partial charge in [0.2, 0.25) is 0 Å². The third kappa shape index (κ3) is 1.70. The van der Waals surface area contributed by atoms with Gasteiger partial charge in [0.1, 0.15) is 0 Å². The molecule has 156 valence electrons. The third-order valence-corrected chi connectivity index (χ3v) is 8.52. The van der Waals surface area contributed by atoms with Crippen molar-refractivity contribution in [3.63, 3.8) is 0 Å². The summed E-state index contributed by atoms with van der Waals surface area (Å²) >= 11 is 0. The number of fused-ring (bicyclic) bond motifs is 13. The maximum atomic E-state index is 13.6. The van der Waals surface area contributed by atoms with E-state index in [9.17, 15) is 9.90 Å². The van der Waals surface area contributed by atoms with Crippen LogP contribution < -0.4 is 0 Å². The van der Waals surface area contributed by atoms with Crippen LogP contribution in [0.3, 0.4) is 0 Å². The molecule has 1 N–H and O–H groups in total. The summed E-state index contributed by atoms with van der Waals surface area (Å²) in [6.07, 6.45) is 1.20. The monoisotopic (exact) mass is 437 g/mol. The van der Waals surface area contributed by atoms with E-state index in [0.717, 1.165) is 67.6 Å². The Bertz CT molecular complexity index is 1730. The van der Waals surface area contributed by atoms with Crippen LogP contribution >= 0.6 is 9.39 Å². The van der Waals surface area contributed by atoms with Crippen molar-refractivity contribution in [3.05, 3.63) is 66.2 Å². The lowest BCUT2D eigenvalue weighted by atomic mass is 9.96. The average molecular weight is 437 g/mol. The van der Waals surface area contributed by atoms with E-state index in [2.05, 4.69) is 67.6 Å². The maximum Gasteiger partial charge on any atom is 0.262 e. The second kappa shape index (κ2) is 5.43. The number of hydrogen-bond acceptors (Lipinski definition) is 2. The smallest absolute Gasteiger partial charge is 0.262 e. The lowest BCUT2D eigenvalue weighted by Crippen LogP contribution is -2.18. The van der Waals surface area contributed by atoms with Crippen LogP contribution in [0.4, 0.5) is 0 Å². The molecule has 4 atom stereocenters. The predicted octanol–water partition coefficient (Wildman–Crippen LogP) is 5.37. The fourth-order valence-electron chi connectivity index (χ4n) is 6.79. The highest BCUT2D eigenvalue weighted by molar-refractivity contribution is 7.15. The number of amides is 1. The number of para-hydroxylation sites is 2. The summed E-state index contributed by atoms with van der Waals surface area (Å²) in [6, 6.07) is 17.0. The number of aliphatic hydroxyl groups excluding tert-OH is 1. The summed E-state index contributed by atoms with van der Waals surface area (Å²) in [6.45, 7) is 4.31. The molecule has 0 radical (unpaired) electrons. The zero-order valence-electron chi connectivity index (χ0n) is 17.2. The van der Waals surface area contributed by atoms with Crippen LogP contribution in [0.1, 0.15) is 40.8 Å². The van der Waals surface area contributed by atoms with Gasteiger partial charge in [-0.05, 0) is 34.4 Å². The quantitative estimate of drug-likeness (QED) is 0.331. The molecule has 1 aliphatic carbocycles. The second-order valence-electron chi connectivity index (χ2n) is 9.35. The molecule has 3 aromatic carbocycles. The molecule has 0 spiro atoms. The van der Waals surface area contributed by atoms with E-state index in [1.165, 1.54) is 0 Å². The Labute approximate surface area is 185 Å². The van der Waals surface area contributed by atoms with Gasteiger partial charge in [0.05, 0.1) is 28.7 Å². The van der Waals surface area contributed by atoms with E-state index in [1.54, 1.807) is 4.67 Å². The van der Waals surface area contributed by atoms with Gasteiger partial charge >= 0.3 is 0 Å². The normalized spacial score (nSPS) is 24.1. The first-order valence-electron chi connectivity index (χ1n) is 11.1. The highest BCUT2D eigenvalue weighted by Gasteiger charge is 2.44. The number of aliphatic hydroxyl groups is 1. The van der Waals surface area contributed by atoms with Crippen LogP contribution in [0.5, 0.6) is 0 Å². The lowest BCUT2D eigenvalue weighted by molar-refractivity contribution is 0.0925. The minimum absolute atomic E-state index is 0.0137. The predicted molar refractivity (Wildman–Crippen MR) is 131 cm³/mol. The molecule has 3 unspecified atom stereocenters. The summed E-state index contributed by atoms with van der Waals surface area (Å²) in [7, 11) is 2.55. The minimum atomic E-state index is -0.403. The summed E-state index contributed by atoms with van der Waals surface area (Å²) in [4.78, 5) is 13.6. The largest absolute Gasteiger partial charge is 0.391 e. The molecular weight excluding hydrogens is 417 g/mol. The van der Waals surface area contributed by atoms with Crippen molar-refractivity contribution in [1.29, 1.82) is 0 Å². The van der Waals surface area contributed by atoms with Crippen LogP contribution in [0.25, 0.3) is 49.3 Å². The van der Waals surface area contributed by atoms with Gasteiger partial charge in [0.25, 0.3) is 5.91 Å². The van der Waals surface area contributed by atoms with Crippen LogP contribution in [0, 0.1) is 0 Å². The molecule has 5 aromatic rings. The van der Waals surface area contributed by atoms with Gasteiger partial charge in [0.15, 0.2) is 0 Å². The molecule has 1 amide bonds. The number of carbonyl (C=O) groups is 1. The Kier molecular flexibility index (Phi) is 2.95. The second-order valence-corrected chi connectivity index (χ2v) is 9.87. The fraction of sp³-hybridized carbons (Fsp3) is 0.192. The van der Waals surface area contributed by atoms with Gasteiger partial charge < -0.3 is 14.2 Å². The highest BCUT2D eigenvalue weighted by atomic mass is 31.0. The first-order chi connectivity index (χ1) is 15.6. The Hall–Kier alpha value is -3.14. The van der Waals surface area contributed by atoms with E-state index in [-0.39, 0.29) is 18.0 Å². The Morgan fingerprint density at radius 2 is 1.47 bits per heavy atom. The van der Waals surface area contributed by atoms with E-state index < -0.39 is 6.10 Å². The standard InChI is InChI=1S/C26H20N3O2P/c1-12-20-21-15-7-3-5-9-17(15)28-18-10-13(11-19(18)30)27-16-8-4-2-6-14(16)22(24(27)25(21)28)23(20)26(31)29(12)32/h2-9,13,18-19,30H,1,10-11,32H2/t13?,18?,19-/m0/s1. The van der Waals surface area contributed by atoms with Gasteiger partial charge in [0, 0.05) is 49.9 Å². The van der Waals surface area contributed by atoms with E-state index in [1.807, 2.05) is 6.07 Å². The minimum Gasteiger partial charge on any atom is -0.391 e. The Morgan fingerprint density at radius 3 is 2.19 bits per heavy atom. The zero-order chi connectivity index (χ0) is 21.5. The van der Waals surface area contributed by atoms with E-state index in [4.69, 9.17) is 0 Å². The molecule has 3 aliphatic rings. The number of carbonyl (C=O) groups excluding carboxylic acids is 1. The van der Waals surface area contributed by atoms with Crippen LogP contribution in [-0.4, -0.2) is 30.9 Å². The maximum absolute atomic E-state index is 13.6. The number of aromatic nitrogens is 2. The van der Waals surface area contributed by atoms with E-state index in [0.29, 0.717) is 5.70 Å². The van der Waals surface area contributed by atoms with E-state index >= 15 is 0 Å². The number of rotatable bonds is 0. The van der Waals surface area contributed by atoms with Crippen molar-refractivity contribution in [2.75, 3.05) is 0 Å². The van der Waals surface area contributed by atoms with Gasteiger partial charge in [-0.2, -0.15) is 0 Å². The van der Waals surface area contributed by atoms with Crippen molar-refractivity contribution in [1.82, 2.24) is 13.8 Å². The zero-order valence-corrected chi connectivity index (χ0v) is 18.4. The molecule has 1 saturated carbocycles. The van der Waals surface area contributed by atoms with Crippen molar-refractivity contribution in [2.45, 2.75) is 31.0 Å². The SMILES string of the molecule is C=C1c2c(c3c4ccccc4n4c3c3c2c2ccccc2n3C2CC4C[C@@H]2O)C(=O)N1P. The summed E-state index contributed by atoms with van der Waals surface area (Å²) < 4.78 is 6.39. The molecule has 5 nitrogen and oxygen atoms in total. The van der Waals surface area contributed by atoms with Crippen LogP contribution in [0.2, 0.25) is 0 Å². The molecule has 32 heavy (non-hydrogen) atoms. The summed E-state index contributed by atoms with van der Waals surface area (Å²) in [5, 5.41) is 15.5. The van der Waals surface area contributed by atoms with Crippen LogP contribution in [-0.2, 0) is 0 Å². The van der Waals surface area contributed by atoms with Crippen molar-refractivity contribution in [2.24, 2.45) is 0 Å². The summed E-state index contributed by atoms with van der Waals surface area (Å²) in [5.74, 6) is -0.0222. The van der Waals surface area contributed by atoms with Gasteiger partial charge in [-0.3, -0.25) is 9.46 Å². The first-order valence-corrected chi connectivity index (χ1v) is 11.6.